The van der Waals surface area contributed by atoms with Crippen LogP contribution in [0.25, 0.3) is 0 Å². The van der Waals surface area contributed by atoms with Crippen molar-refractivity contribution in [3.63, 3.8) is 0 Å². The Kier molecular flexibility index (Phi) is 6.10. The summed E-state index contributed by atoms with van der Waals surface area (Å²) < 4.78 is 17.8. The number of carbonyl (C=O) groups is 2. The van der Waals surface area contributed by atoms with Crippen LogP contribution in [0.3, 0.4) is 0 Å². The SMILES string of the molecule is COC(=O)c1cc(C#CCCSC(C)=O)ccc1F. The lowest BCUT2D eigenvalue weighted by Gasteiger charge is -2.01. The van der Waals surface area contributed by atoms with Crippen LogP contribution in [-0.2, 0) is 9.53 Å². The van der Waals surface area contributed by atoms with Gasteiger partial charge in [0, 0.05) is 24.7 Å². The second kappa shape index (κ2) is 7.59. The number of rotatable bonds is 3. The Balaban J connectivity index is 2.72. The van der Waals surface area contributed by atoms with Crippen molar-refractivity contribution in [1.29, 1.82) is 0 Å². The van der Waals surface area contributed by atoms with Gasteiger partial charge >= 0.3 is 5.97 Å². The van der Waals surface area contributed by atoms with E-state index in [9.17, 15) is 14.0 Å². The minimum Gasteiger partial charge on any atom is -0.465 e. The molecule has 0 spiro atoms. The Hall–Kier alpha value is -1.80. The fraction of sp³-hybridized carbons (Fsp3) is 0.286. The monoisotopic (exact) mass is 280 g/mol. The molecule has 5 heteroatoms. The van der Waals surface area contributed by atoms with Gasteiger partial charge in [0.25, 0.3) is 0 Å². The van der Waals surface area contributed by atoms with E-state index in [4.69, 9.17) is 0 Å². The maximum absolute atomic E-state index is 13.3. The number of esters is 1. The van der Waals surface area contributed by atoms with E-state index in [1.165, 1.54) is 44.0 Å². The zero-order chi connectivity index (χ0) is 14.3. The van der Waals surface area contributed by atoms with Gasteiger partial charge in [-0.2, -0.15) is 0 Å². The van der Waals surface area contributed by atoms with Crippen molar-refractivity contribution in [3.8, 4) is 11.8 Å². The molecule has 1 rings (SSSR count). The van der Waals surface area contributed by atoms with Crippen LogP contribution in [0.1, 0.15) is 29.3 Å². The number of carbonyl (C=O) groups excluding carboxylic acids is 2. The van der Waals surface area contributed by atoms with Gasteiger partial charge in [0.15, 0.2) is 5.12 Å². The molecule has 19 heavy (non-hydrogen) atoms. The highest BCUT2D eigenvalue weighted by Crippen LogP contribution is 2.11. The molecule has 0 unspecified atom stereocenters. The molecule has 0 aliphatic heterocycles. The smallest absolute Gasteiger partial charge is 0.340 e. The predicted octanol–water partition coefficient (Wildman–Crippen LogP) is 2.63. The number of hydrogen-bond acceptors (Lipinski definition) is 4. The van der Waals surface area contributed by atoms with E-state index in [-0.39, 0.29) is 10.7 Å². The number of thioether (sulfide) groups is 1. The highest BCUT2D eigenvalue weighted by atomic mass is 32.2. The predicted molar refractivity (Wildman–Crippen MR) is 72.4 cm³/mol. The highest BCUT2D eigenvalue weighted by Gasteiger charge is 2.11. The van der Waals surface area contributed by atoms with Crippen LogP contribution in [-0.4, -0.2) is 23.9 Å². The van der Waals surface area contributed by atoms with Gasteiger partial charge < -0.3 is 4.74 Å². The first-order valence-electron chi connectivity index (χ1n) is 5.54. The Morgan fingerprint density at radius 3 is 2.79 bits per heavy atom. The summed E-state index contributed by atoms with van der Waals surface area (Å²) in [6.45, 7) is 1.50. The van der Waals surface area contributed by atoms with Crippen molar-refractivity contribution in [2.75, 3.05) is 12.9 Å². The van der Waals surface area contributed by atoms with Gasteiger partial charge in [0.2, 0.25) is 0 Å². The molecule has 0 aromatic heterocycles. The van der Waals surface area contributed by atoms with Crippen LogP contribution in [0, 0.1) is 17.7 Å². The van der Waals surface area contributed by atoms with Crippen LogP contribution < -0.4 is 0 Å². The van der Waals surface area contributed by atoms with Crippen LogP contribution in [0.15, 0.2) is 18.2 Å². The minimum absolute atomic E-state index is 0.0524. The van der Waals surface area contributed by atoms with Crippen LogP contribution in [0.4, 0.5) is 4.39 Å². The minimum atomic E-state index is -0.728. The van der Waals surface area contributed by atoms with Gasteiger partial charge in [0.05, 0.1) is 12.7 Å². The Labute approximate surface area is 115 Å². The van der Waals surface area contributed by atoms with Crippen molar-refractivity contribution < 1.29 is 18.7 Å². The molecule has 3 nitrogen and oxygen atoms in total. The molecule has 0 radical (unpaired) electrons. The average Bonchev–Trinajstić information content (AvgIpc) is 2.39. The quantitative estimate of drug-likeness (QED) is 0.485. The first-order valence-corrected chi connectivity index (χ1v) is 6.53. The second-order valence-corrected chi connectivity index (χ2v) is 4.85. The summed E-state index contributed by atoms with van der Waals surface area (Å²) in [5.74, 6) is 4.93. The van der Waals surface area contributed by atoms with E-state index in [1.807, 2.05) is 0 Å². The first-order chi connectivity index (χ1) is 9.04. The third kappa shape index (κ3) is 5.14. The van der Waals surface area contributed by atoms with Crippen LogP contribution in [0.5, 0.6) is 0 Å². The highest BCUT2D eigenvalue weighted by molar-refractivity contribution is 8.13. The number of benzene rings is 1. The van der Waals surface area contributed by atoms with E-state index >= 15 is 0 Å². The molecule has 1 aromatic carbocycles. The fourth-order valence-corrected chi connectivity index (χ4v) is 1.77. The third-order valence-corrected chi connectivity index (χ3v) is 2.95. The van der Waals surface area contributed by atoms with Crippen molar-refractivity contribution in [3.05, 3.63) is 35.1 Å². The van der Waals surface area contributed by atoms with Gasteiger partial charge in [-0.15, -0.1) is 0 Å². The zero-order valence-corrected chi connectivity index (χ0v) is 11.5. The Bertz CT molecular complexity index is 543. The van der Waals surface area contributed by atoms with E-state index < -0.39 is 11.8 Å². The van der Waals surface area contributed by atoms with Crippen molar-refractivity contribution in [2.24, 2.45) is 0 Å². The number of methoxy groups -OCH3 is 1. The molecular formula is C14H13FO3S. The Morgan fingerprint density at radius 2 is 2.16 bits per heavy atom. The molecular weight excluding hydrogens is 267 g/mol. The lowest BCUT2D eigenvalue weighted by atomic mass is 10.1. The fourth-order valence-electron chi connectivity index (χ4n) is 1.28. The molecule has 0 fully saturated rings. The van der Waals surface area contributed by atoms with Gasteiger partial charge in [-0.1, -0.05) is 23.6 Å². The number of halogens is 1. The summed E-state index contributed by atoms with van der Waals surface area (Å²) >= 11 is 1.21. The van der Waals surface area contributed by atoms with Crippen LogP contribution in [0.2, 0.25) is 0 Å². The third-order valence-electron chi connectivity index (χ3n) is 2.14. The summed E-state index contributed by atoms with van der Waals surface area (Å²) in [7, 11) is 1.19. The normalized spacial score (nSPS) is 9.42. The van der Waals surface area contributed by atoms with Crippen molar-refractivity contribution in [1.82, 2.24) is 0 Å². The summed E-state index contributed by atoms with van der Waals surface area (Å²) in [5.41, 5.74) is 0.405. The summed E-state index contributed by atoms with van der Waals surface area (Å²) in [5, 5.41) is 0.0524. The molecule has 0 aliphatic rings. The standard InChI is InChI=1S/C14H13FO3S/c1-10(16)19-8-4-3-5-11-6-7-13(15)12(9-11)14(17)18-2/h6-7,9H,4,8H2,1-2H3. The van der Waals surface area contributed by atoms with E-state index in [1.54, 1.807) is 0 Å². The summed E-state index contributed by atoms with van der Waals surface area (Å²) in [6, 6.07) is 4.03. The van der Waals surface area contributed by atoms with Gasteiger partial charge in [0.1, 0.15) is 5.82 Å². The molecule has 0 saturated heterocycles. The molecule has 0 N–H and O–H groups in total. The summed E-state index contributed by atoms with van der Waals surface area (Å²) in [4.78, 5) is 22.0. The number of hydrogen-bond donors (Lipinski definition) is 0. The van der Waals surface area contributed by atoms with Crippen LogP contribution >= 0.6 is 11.8 Å². The first kappa shape index (κ1) is 15.3. The second-order valence-electron chi connectivity index (χ2n) is 3.58. The van der Waals surface area contributed by atoms with E-state index in [2.05, 4.69) is 16.6 Å². The molecule has 0 amide bonds. The van der Waals surface area contributed by atoms with Gasteiger partial charge in [-0.25, -0.2) is 9.18 Å². The molecule has 100 valence electrons. The maximum Gasteiger partial charge on any atom is 0.340 e. The zero-order valence-electron chi connectivity index (χ0n) is 10.7. The molecule has 0 saturated carbocycles. The van der Waals surface area contributed by atoms with Crippen molar-refractivity contribution >= 4 is 22.8 Å². The Morgan fingerprint density at radius 1 is 1.42 bits per heavy atom. The molecule has 0 aliphatic carbocycles. The molecule has 0 atom stereocenters. The molecule has 0 bridgehead atoms. The van der Waals surface area contributed by atoms with Gasteiger partial charge in [-0.05, 0) is 18.2 Å². The maximum atomic E-state index is 13.3. The summed E-state index contributed by atoms with van der Waals surface area (Å²) in [6.07, 6.45) is 0.551. The lowest BCUT2D eigenvalue weighted by Crippen LogP contribution is -2.04. The number of ether oxygens (including phenoxy) is 1. The van der Waals surface area contributed by atoms with Crippen molar-refractivity contribution in [2.45, 2.75) is 13.3 Å². The average molecular weight is 280 g/mol. The van der Waals surface area contributed by atoms with E-state index in [0.29, 0.717) is 17.7 Å². The molecule has 1 aromatic rings. The molecule has 0 heterocycles. The van der Waals surface area contributed by atoms with Gasteiger partial charge in [-0.3, -0.25) is 4.79 Å². The topological polar surface area (TPSA) is 43.4 Å². The van der Waals surface area contributed by atoms with E-state index in [0.717, 1.165) is 0 Å². The lowest BCUT2D eigenvalue weighted by molar-refractivity contribution is -0.109. The largest absolute Gasteiger partial charge is 0.465 e.